The fourth-order valence-corrected chi connectivity index (χ4v) is 4.36. The van der Waals surface area contributed by atoms with E-state index in [0.717, 1.165) is 21.5 Å². The molecule has 2 aromatic rings. The number of hydrogen-bond acceptors (Lipinski definition) is 7. The van der Waals surface area contributed by atoms with Crippen molar-refractivity contribution in [2.45, 2.75) is 6.92 Å². The van der Waals surface area contributed by atoms with Crippen LogP contribution in [0.1, 0.15) is 20.1 Å². The third-order valence-corrected chi connectivity index (χ3v) is 6.15. The second-order valence-electron chi connectivity index (χ2n) is 5.97. The van der Waals surface area contributed by atoms with Crippen LogP contribution in [0.25, 0.3) is 6.08 Å². The van der Waals surface area contributed by atoms with E-state index in [1.54, 1.807) is 6.07 Å². The van der Waals surface area contributed by atoms with Crippen molar-refractivity contribution in [3.63, 3.8) is 0 Å². The van der Waals surface area contributed by atoms with E-state index >= 15 is 0 Å². The van der Waals surface area contributed by atoms with Crippen molar-refractivity contribution in [3.8, 4) is 0 Å². The predicted molar refractivity (Wildman–Crippen MR) is 112 cm³/mol. The molecule has 1 aliphatic heterocycles. The van der Waals surface area contributed by atoms with Gasteiger partial charge in [0.2, 0.25) is 0 Å². The second-order valence-corrected chi connectivity index (χ2v) is 8.66. The van der Waals surface area contributed by atoms with Crippen molar-refractivity contribution in [2.75, 3.05) is 13.1 Å². The number of thioether (sulfide) groups is 1. The zero-order valence-corrected chi connectivity index (χ0v) is 17.4. The molecule has 1 fully saturated rings. The summed E-state index contributed by atoms with van der Waals surface area (Å²) in [4.78, 5) is 49.8. The second kappa shape index (κ2) is 8.76. The molecule has 11 heteroatoms. The van der Waals surface area contributed by atoms with Gasteiger partial charge in [-0.25, -0.2) is 0 Å². The normalized spacial score (nSPS) is 15.2. The van der Waals surface area contributed by atoms with Gasteiger partial charge in [0.05, 0.1) is 14.7 Å². The summed E-state index contributed by atoms with van der Waals surface area (Å²) in [5, 5.41) is 13.2. The molecular formula is C18H14ClN3O5S2. The van der Waals surface area contributed by atoms with Crippen molar-refractivity contribution < 1.29 is 19.3 Å². The first-order valence-electron chi connectivity index (χ1n) is 8.30. The van der Waals surface area contributed by atoms with Crippen molar-refractivity contribution in [1.29, 1.82) is 0 Å². The Hall–Kier alpha value is -2.69. The Bertz CT molecular complexity index is 1050. The molecule has 0 bridgehead atoms. The number of rotatable bonds is 6. The molecule has 1 saturated heterocycles. The number of hydrogen-bond donors (Lipinski definition) is 1. The van der Waals surface area contributed by atoms with Gasteiger partial charge in [-0.3, -0.25) is 29.4 Å². The number of nitro groups is 1. The summed E-state index contributed by atoms with van der Waals surface area (Å²) in [5.41, 5.74) is 0.0964. The quantitative estimate of drug-likeness (QED) is 0.402. The molecule has 0 spiro atoms. The summed E-state index contributed by atoms with van der Waals surface area (Å²) >= 11 is 7.87. The van der Waals surface area contributed by atoms with E-state index in [-0.39, 0.29) is 34.6 Å². The van der Waals surface area contributed by atoms with E-state index in [9.17, 15) is 24.5 Å². The van der Waals surface area contributed by atoms with Crippen molar-refractivity contribution in [3.05, 3.63) is 65.7 Å². The Balaban J connectivity index is 1.65. The molecule has 29 heavy (non-hydrogen) atoms. The van der Waals surface area contributed by atoms with Gasteiger partial charge < -0.3 is 5.32 Å². The predicted octanol–water partition coefficient (Wildman–Crippen LogP) is 4.08. The lowest BCUT2D eigenvalue weighted by molar-refractivity contribution is -0.384. The Morgan fingerprint density at radius 3 is 2.72 bits per heavy atom. The molecule has 1 N–H and O–H groups in total. The van der Waals surface area contributed by atoms with E-state index in [2.05, 4.69) is 5.32 Å². The molecule has 3 amide bonds. The van der Waals surface area contributed by atoms with Crippen molar-refractivity contribution in [1.82, 2.24) is 10.2 Å². The van der Waals surface area contributed by atoms with E-state index in [4.69, 9.17) is 11.6 Å². The SMILES string of the molecule is Cc1ccc(C(=O)NCCN2C(=O)S/C(=C\c3ccc(Cl)c([N+](=O)[O-])c3)C2=O)s1. The minimum atomic E-state index is -0.622. The lowest BCUT2D eigenvalue weighted by Gasteiger charge is -2.12. The van der Waals surface area contributed by atoms with Gasteiger partial charge in [0.25, 0.3) is 22.7 Å². The van der Waals surface area contributed by atoms with Crippen LogP contribution in [0.2, 0.25) is 5.02 Å². The topological polar surface area (TPSA) is 110 Å². The largest absolute Gasteiger partial charge is 0.350 e. The minimum absolute atomic E-state index is 0.0167. The highest BCUT2D eigenvalue weighted by molar-refractivity contribution is 8.18. The van der Waals surface area contributed by atoms with Gasteiger partial charge in [0, 0.05) is 24.0 Å². The van der Waals surface area contributed by atoms with Crippen LogP contribution in [-0.2, 0) is 4.79 Å². The lowest BCUT2D eigenvalue weighted by atomic mass is 10.2. The van der Waals surface area contributed by atoms with Crippen LogP contribution < -0.4 is 5.32 Å². The number of aryl methyl sites for hydroxylation is 1. The maximum Gasteiger partial charge on any atom is 0.293 e. The van der Waals surface area contributed by atoms with E-state index < -0.39 is 16.1 Å². The molecule has 2 heterocycles. The molecule has 3 rings (SSSR count). The zero-order valence-electron chi connectivity index (χ0n) is 15.0. The van der Waals surface area contributed by atoms with Crippen molar-refractivity contribution in [2.24, 2.45) is 0 Å². The van der Waals surface area contributed by atoms with Crippen molar-refractivity contribution >= 4 is 63.5 Å². The average Bonchev–Trinajstić information content (AvgIpc) is 3.21. The highest BCUT2D eigenvalue weighted by atomic mass is 35.5. The number of carbonyl (C=O) groups is 3. The Morgan fingerprint density at radius 2 is 2.07 bits per heavy atom. The standard InChI is InChI=1S/C18H14ClN3O5S2/c1-10-2-5-14(28-10)16(23)20-6-7-21-17(24)15(29-18(21)25)9-11-3-4-12(19)13(8-11)22(26)27/h2-5,8-9H,6-7H2,1H3,(H,20,23)/b15-9-. The van der Waals surface area contributed by atoms with Gasteiger partial charge in [-0.2, -0.15) is 0 Å². The number of imide groups is 1. The monoisotopic (exact) mass is 451 g/mol. The van der Waals surface area contributed by atoms with E-state index in [1.165, 1.54) is 35.6 Å². The molecule has 0 atom stereocenters. The van der Waals surface area contributed by atoms with Gasteiger partial charge in [0.1, 0.15) is 5.02 Å². The highest BCUT2D eigenvalue weighted by Gasteiger charge is 2.34. The zero-order chi connectivity index (χ0) is 21.1. The fraction of sp³-hybridized carbons (Fsp3) is 0.167. The van der Waals surface area contributed by atoms with E-state index in [0.29, 0.717) is 10.4 Å². The van der Waals surface area contributed by atoms with Crippen LogP contribution in [0.4, 0.5) is 10.5 Å². The van der Waals surface area contributed by atoms with Gasteiger partial charge in [-0.1, -0.05) is 17.7 Å². The third kappa shape index (κ3) is 4.84. The molecule has 0 saturated carbocycles. The molecule has 1 aliphatic rings. The summed E-state index contributed by atoms with van der Waals surface area (Å²) in [6, 6.07) is 7.66. The maximum absolute atomic E-state index is 12.5. The number of nitrogens with zero attached hydrogens (tertiary/aromatic N) is 2. The number of halogens is 1. The van der Waals surface area contributed by atoms with Gasteiger partial charge in [0.15, 0.2) is 0 Å². The molecule has 8 nitrogen and oxygen atoms in total. The fourth-order valence-electron chi connectivity index (χ4n) is 2.53. The molecule has 0 aliphatic carbocycles. The van der Waals surface area contributed by atoms with Crippen LogP contribution in [0.3, 0.4) is 0 Å². The van der Waals surface area contributed by atoms with Crippen LogP contribution in [0.5, 0.6) is 0 Å². The summed E-state index contributed by atoms with van der Waals surface area (Å²) < 4.78 is 0. The first-order chi connectivity index (χ1) is 13.8. The van der Waals surface area contributed by atoms with Crippen LogP contribution in [-0.4, -0.2) is 40.0 Å². The molecule has 0 radical (unpaired) electrons. The highest BCUT2D eigenvalue weighted by Crippen LogP contribution is 2.33. The summed E-state index contributed by atoms with van der Waals surface area (Å²) in [7, 11) is 0. The van der Waals surface area contributed by atoms with Gasteiger partial charge in [-0.05, 0) is 48.5 Å². The van der Waals surface area contributed by atoms with Crippen LogP contribution >= 0.6 is 34.7 Å². The minimum Gasteiger partial charge on any atom is -0.350 e. The number of thiophene rings is 1. The average molecular weight is 452 g/mol. The van der Waals surface area contributed by atoms with Gasteiger partial charge >= 0.3 is 0 Å². The smallest absolute Gasteiger partial charge is 0.293 e. The number of carbonyl (C=O) groups excluding carboxylic acids is 3. The summed E-state index contributed by atoms with van der Waals surface area (Å²) in [6.45, 7) is 2.04. The molecule has 150 valence electrons. The van der Waals surface area contributed by atoms with Gasteiger partial charge in [-0.15, -0.1) is 11.3 Å². The number of amides is 3. The Labute approximate surface area is 178 Å². The Morgan fingerprint density at radius 1 is 1.31 bits per heavy atom. The van der Waals surface area contributed by atoms with Crippen LogP contribution in [0.15, 0.2) is 35.2 Å². The molecule has 0 unspecified atom stereocenters. The maximum atomic E-state index is 12.5. The number of nitrogens with one attached hydrogen (secondary N) is 1. The number of nitro benzene ring substituents is 1. The summed E-state index contributed by atoms with van der Waals surface area (Å²) in [5.74, 6) is -0.780. The first-order valence-corrected chi connectivity index (χ1v) is 10.3. The first kappa shape index (κ1) is 21.0. The van der Waals surface area contributed by atoms with Crippen LogP contribution in [0, 0.1) is 17.0 Å². The number of benzene rings is 1. The molecule has 1 aromatic carbocycles. The van der Waals surface area contributed by atoms with E-state index in [1.807, 2.05) is 13.0 Å². The summed E-state index contributed by atoms with van der Waals surface area (Å²) in [6.07, 6.45) is 1.40. The lowest BCUT2D eigenvalue weighted by Crippen LogP contribution is -2.37. The Kier molecular flexibility index (Phi) is 6.36. The third-order valence-electron chi connectivity index (χ3n) is 3.92. The molecular weight excluding hydrogens is 438 g/mol. The molecule has 1 aromatic heterocycles.